The van der Waals surface area contributed by atoms with Gasteiger partial charge in [-0.15, -0.1) is 0 Å². The predicted octanol–water partition coefficient (Wildman–Crippen LogP) is 0.935. The van der Waals surface area contributed by atoms with Crippen molar-refractivity contribution in [1.29, 1.82) is 0 Å². The van der Waals surface area contributed by atoms with Crippen LogP contribution in [0.25, 0.3) is 0 Å². The molecule has 0 unspecified atom stereocenters. The molecule has 9 heteroatoms. The lowest BCUT2D eigenvalue weighted by molar-refractivity contribution is 0.410. The maximum absolute atomic E-state index is 12.0. The highest BCUT2D eigenvalue weighted by atomic mass is 79.9. The fourth-order valence-electron chi connectivity index (χ4n) is 1.44. The number of benzene rings is 1. The fraction of sp³-hybridized carbons (Fsp3) is 0.200. The molecule has 1 aromatic heterocycles. The van der Waals surface area contributed by atoms with Crippen LogP contribution in [-0.2, 0) is 16.4 Å². The van der Waals surface area contributed by atoms with Crippen molar-refractivity contribution in [2.45, 2.75) is 11.3 Å². The Kier molecular flexibility index (Phi) is 4.17. The van der Waals surface area contributed by atoms with Gasteiger partial charge in [-0.05, 0) is 18.2 Å². The molecule has 0 saturated carbocycles. The molecule has 2 aromatic rings. The molecule has 0 saturated heterocycles. The summed E-state index contributed by atoms with van der Waals surface area (Å²) in [7, 11) is -3.64. The van der Waals surface area contributed by atoms with Crippen molar-refractivity contribution in [2.24, 2.45) is 0 Å². The fourth-order valence-corrected chi connectivity index (χ4v) is 2.96. The molecule has 19 heavy (non-hydrogen) atoms. The number of hydrogen-bond acceptors (Lipinski definition) is 6. The van der Waals surface area contributed by atoms with Gasteiger partial charge in [0.2, 0.25) is 16.4 Å². The summed E-state index contributed by atoms with van der Waals surface area (Å²) in [4.78, 5) is 3.84. The van der Waals surface area contributed by atoms with E-state index >= 15 is 0 Å². The molecule has 0 amide bonds. The Bertz CT molecular complexity index is 657. The number of rotatable bonds is 5. The molecular formula is C10H11BrN4O3S. The van der Waals surface area contributed by atoms with Crippen LogP contribution in [0.4, 0.5) is 5.69 Å². The summed E-state index contributed by atoms with van der Waals surface area (Å²) in [5.41, 5.74) is 5.87. The SMILES string of the molecule is Nc1cc(Br)ccc1S(=O)(=O)NCCc1ncon1. The predicted molar refractivity (Wildman–Crippen MR) is 71.7 cm³/mol. The molecule has 2 rings (SSSR count). The van der Waals surface area contributed by atoms with Gasteiger partial charge in [0.05, 0.1) is 5.69 Å². The maximum atomic E-state index is 12.0. The van der Waals surface area contributed by atoms with Crippen molar-refractivity contribution in [2.75, 3.05) is 12.3 Å². The standard InChI is InChI=1S/C10H11BrN4O3S/c11-7-1-2-9(8(12)5-7)19(16,17)14-4-3-10-13-6-18-15-10/h1-2,5-6,14H,3-4,12H2. The number of sulfonamides is 1. The summed E-state index contributed by atoms with van der Waals surface area (Å²) < 4.78 is 31.7. The molecule has 0 aliphatic rings. The second kappa shape index (κ2) is 5.68. The molecular weight excluding hydrogens is 336 g/mol. The third kappa shape index (κ3) is 3.52. The van der Waals surface area contributed by atoms with Crippen molar-refractivity contribution >= 4 is 31.6 Å². The van der Waals surface area contributed by atoms with E-state index in [1.807, 2.05) is 0 Å². The highest BCUT2D eigenvalue weighted by molar-refractivity contribution is 9.10. The van der Waals surface area contributed by atoms with Crippen LogP contribution in [0.3, 0.4) is 0 Å². The number of nitrogens with one attached hydrogen (secondary N) is 1. The average molecular weight is 347 g/mol. The van der Waals surface area contributed by atoms with Gasteiger partial charge in [-0.2, -0.15) is 4.98 Å². The van der Waals surface area contributed by atoms with E-state index in [-0.39, 0.29) is 17.1 Å². The molecule has 0 atom stereocenters. The number of anilines is 1. The lowest BCUT2D eigenvalue weighted by Crippen LogP contribution is -2.27. The third-order valence-corrected chi connectivity index (χ3v) is 4.34. The van der Waals surface area contributed by atoms with E-state index in [0.29, 0.717) is 12.2 Å². The Balaban J connectivity index is 2.05. The monoisotopic (exact) mass is 346 g/mol. The second-order valence-electron chi connectivity index (χ2n) is 3.68. The van der Waals surface area contributed by atoms with Crippen molar-refractivity contribution in [3.63, 3.8) is 0 Å². The van der Waals surface area contributed by atoms with Crippen LogP contribution in [-0.4, -0.2) is 25.1 Å². The van der Waals surface area contributed by atoms with Gasteiger partial charge in [0, 0.05) is 17.4 Å². The minimum Gasteiger partial charge on any atom is -0.398 e. The Morgan fingerprint density at radius 1 is 1.42 bits per heavy atom. The first kappa shape index (κ1) is 14.0. The smallest absolute Gasteiger partial charge is 0.242 e. The molecule has 0 aliphatic carbocycles. The molecule has 0 bridgehead atoms. The van der Waals surface area contributed by atoms with Crippen molar-refractivity contribution < 1.29 is 12.9 Å². The number of nitrogens with two attached hydrogens (primary N) is 1. The van der Waals surface area contributed by atoms with Crippen molar-refractivity contribution in [1.82, 2.24) is 14.9 Å². The van der Waals surface area contributed by atoms with Gasteiger partial charge in [-0.25, -0.2) is 13.1 Å². The van der Waals surface area contributed by atoms with E-state index in [0.717, 1.165) is 4.47 Å². The molecule has 0 fully saturated rings. The van der Waals surface area contributed by atoms with Crippen LogP contribution in [0, 0.1) is 0 Å². The zero-order valence-electron chi connectivity index (χ0n) is 9.71. The largest absolute Gasteiger partial charge is 0.398 e. The van der Waals surface area contributed by atoms with Gasteiger partial charge in [0.15, 0.2) is 5.82 Å². The molecule has 0 spiro atoms. The first-order valence-corrected chi connectivity index (χ1v) is 7.56. The van der Waals surface area contributed by atoms with Crippen LogP contribution >= 0.6 is 15.9 Å². The first-order chi connectivity index (χ1) is 8.99. The number of hydrogen-bond donors (Lipinski definition) is 2. The minimum atomic E-state index is -3.64. The molecule has 7 nitrogen and oxygen atoms in total. The average Bonchev–Trinajstić information content (AvgIpc) is 2.81. The quantitative estimate of drug-likeness (QED) is 0.779. The van der Waals surface area contributed by atoms with E-state index in [4.69, 9.17) is 5.73 Å². The zero-order chi connectivity index (χ0) is 13.9. The lowest BCUT2D eigenvalue weighted by atomic mass is 10.3. The van der Waals surface area contributed by atoms with E-state index in [1.165, 1.54) is 18.5 Å². The van der Waals surface area contributed by atoms with Gasteiger partial charge < -0.3 is 10.3 Å². The first-order valence-electron chi connectivity index (χ1n) is 5.29. The topological polar surface area (TPSA) is 111 Å². The molecule has 1 aromatic carbocycles. The van der Waals surface area contributed by atoms with Crippen LogP contribution in [0.15, 0.2) is 38.5 Å². The van der Waals surface area contributed by atoms with Crippen molar-refractivity contribution in [3.8, 4) is 0 Å². The normalized spacial score (nSPS) is 11.6. The third-order valence-electron chi connectivity index (χ3n) is 2.31. The Morgan fingerprint density at radius 2 is 2.21 bits per heavy atom. The van der Waals surface area contributed by atoms with Gasteiger partial charge >= 0.3 is 0 Å². The minimum absolute atomic E-state index is 0.0452. The highest BCUT2D eigenvalue weighted by Gasteiger charge is 2.17. The van der Waals surface area contributed by atoms with Crippen LogP contribution < -0.4 is 10.5 Å². The molecule has 1 heterocycles. The Morgan fingerprint density at radius 3 is 2.84 bits per heavy atom. The molecule has 0 aliphatic heterocycles. The number of aromatic nitrogens is 2. The van der Waals surface area contributed by atoms with Crippen LogP contribution in [0.2, 0.25) is 0 Å². The Labute approximate surface area is 118 Å². The summed E-state index contributed by atoms with van der Waals surface area (Å²) in [6, 6.07) is 4.59. The van der Waals surface area contributed by atoms with Crippen molar-refractivity contribution in [3.05, 3.63) is 34.9 Å². The van der Waals surface area contributed by atoms with E-state index in [2.05, 4.69) is 35.3 Å². The Hall–Kier alpha value is -1.45. The van der Waals surface area contributed by atoms with Crippen LogP contribution in [0.1, 0.15) is 5.82 Å². The molecule has 0 radical (unpaired) electrons. The molecule has 102 valence electrons. The summed E-state index contributed by atoms with van der Waals surface area (Å²) in [6.45, 7) is 0.164. The second-order valence-corrected chi connectivity index (χ2v) is 6.33. The van der Waals surface area contributed by atoms with E-state index in [9.17, 15) is 8.42 Å². The maximum Gasteiger partial charge on any atom is 0.242 e. The zero-order valence-corrected chi connectivity index (χ0v) is 12.1. The number of nitrogen functional groups attached to an aromatic ring is 1. The van der Waals surface area contributed by atoms with Crippen LogP contribution in [0.5, 0.6) is 0 Å². The summed E-state index contributed by atoms with van der Waals surface area (Å²) >= 11 is 3.22. The summed E-state index contributed by atoms with van der Waals surface area (Å²) in [5, 5.41) is 3.59. The van der Waals surface area contributed by atoms with Gasteiger partial charge in [-0.3, -0.25) is 0 Å². The van der Waals surface area contributed by atoms with Gasteiger partial charge in [0.1, 0.15) is 4.90 Å². The number of nitrogens with zero attached hydrogens (tertiary/aromatic N) is 2. The van der Waals surface area contributed by atoms with Gasteiger partial charge in [-0.1, -0.05) is 21.1 Å². The number of halogens is 1. The summed E-state index contributed by atoms with van der Waals surface area (Å²) in [5.74, 6) is 0.437. The molecule has 3 N–H and O–H groups in total. The lowest BCUT2D eigenvalue weighted by Gasteiger charge is -2.08. The summed E-state index contributed by atoms with van der Waals surface area (Å²) in [6.07, 6.45) is 1.53. The van der Waals surface area contributed by atoms with Gasteiger partial charge in [0.25, 0.3) is 0 Å². The van der Waals surface area contributed by atoms with E-state index < -0.39 is 10.0 Å². The van der Waals surface area contributed by atoms with E-state index in [1.54, 1.807) is 6.07 Å². The highest BCUT2D eigenvalue weighted by Crippen LogP contribution is 2.22.